The van der Waals surface area contributed by atoms with Gasteiger partial charge in [-0.2, -0.15) is 5.10 Å². The van der Waals surface area contributed by atoms with E-state index in [9.17, 15) is 13.2 Å². The van der Waals surface area contributed by atoms with Gasteiger partial charge in [-0.15, -0.1) is 0 Å². The molecule has 146 valence electrons. The lowest BCUT2D eigenvalue weighted by molar-refractivity contribution is -0.114. The van der Waals surface area contributed by atoms with E-state index < -0.39 is 9.84 Å². The van der Waals surface area contributed by atoms with Gasteiger partial charge in [0, 0.05) is 44.3 Å². The average molecular weight is 400 g/mol. The summed E-state index contributed by atoms with van der Waals surface area (Å²) in [4.78, 5) is 19.8. The van der Waals surface area contributed by atoms with Gasteiger partial charge in [-0.25, -0.2) is 18.4 Å². The molecule has 28 heavy (non-hydrogen) atoms. The second-order valence-corrected chi connectivity index (χ2v) is 8.32. The number of aromatic nitrogens is 4. The Hall–Kier alpha value is -3.27. The van der Waals surface area contributed by atoms with Crippen LogP contribution in [0.3, 0.4) is 0 Å². The van der Waals surface area contributed by atoms with Gasteiger partial charge in [-0.3, -0.25) is 9.48 Å². The van der Waals surface area contributed by atoms with Gasteiger partial charge < -0.3 is 10.6 Å². The topological polar surface area (TPSA) is 119 Å². The van der Waals surface area contributed by atoms with Gasteiger partial charge in [0.25, 0.3) is 0 Å². The molecular formula is C18H20N6O3S. The van der Waals surface area contributed by atoms with E-state index in [-0.39, 0.29) is 10.9 Å². The zero-order chi connectivity index (χ0) is 20.5. The third kappa shape index (κ3) is 4.34. The number of carbonyl (C=O) groups is 1. The number of rotatable bonds is 5. The summed E-state index contributed by atoms with van der Waals surface area (Å²) in [5.41, 5.74) is 2.49. The molecule has 9 nitrogen and oxygen atoms in total. The van der Waals surface area contributed by atoms with Crippen LogP contribution < -0.4 is 10.6 Å². The maximum atomic E-state index is 12.0. The minimum Gasteiger partial charge on any atom is -0.339 e. The average Bonchev–Trinajstić information content (AvgIpc) is 3.01. The first kappa shape index (κ1) is 19.5. The van der Waals surface area contributed by atoms with E-state index in [1.54, 1.807) is 49.2 Å². The lowest BCUT2D eigenvalue weighted by Crippen LogP contribution is -2.09. The van der Waals surface area contributed by atoms with Crippen LogP contribution in [0.4, 0.5) is 17.3 Å². The fraction of sp³-hybridized carbons (Fsp3) is 0.222. The number of anilines is 3. The van der Waals surface area contributed by atoms with Crippen LogP contribution in [0.2, 0.25) is 0 Å². The molecule has 3 aromatic heterocycles. The Morgan fingerprint density at radius 1 is 1.18 bits per heavy atom. The van der Waals surface area contributed by atoms with Gasteiger partial charge in [-0.1, -0.05) is 6.07 Å². The summed E-state index contributed by atoms with van der Waals surface area (Å²) < 4.78 is 25.6. The standard InChI is InChI=1S/C18H20N6O3S/c1-11-5-6-16(22-18(11)28(4,26)27)21-15-9-17(20-12(2)25)19-10-13(15)14-7-8-24(3)23-14/h5-10H,1-4H3,(H2,19,20,21,22,25). The van der Waals surface area contributed by atoms with Crippen molar-refractivity contribution in [3.8, 4) is 11.3 Å². The van der Waals surface area contributed by atoms with E-state index >= 15 is 0 Å². The minimum absolute atomic E-state index is 0.00743. The highest BCUT2D eigenvalue weighted by molar-refractivity contribution is 7.90. The molecule has 3 heterocycles. The Kier molecular flexibility index (Phi) is 5.14. The second-order valence-electron chi connectivity index (χ2n) is 6.39. The lowest BCUT2D eigenvalue weighted by atomic mass is 10.1. The van der Waals surface area contributed by atoms with Crippen LogP contribution in [0, 0.1) is 6.92 Å². The van der Waals surface area contributed by atoms with Gasteiger partial charge in [0.15, 0.2) is 14.9 Å². The van der Waals surface area contributed by atoms with Crippen molar-refractivity contribution in [1.82, 2.24) is 19.7 Å². The summed E-state index contributed by atoms with van der Waals surface area (Å²) in [5, 5.41) is 10.1. The SMILES string of the molecule is CC(=O)Nc1cc(Nc2ccc(C)c(S(C)(=O)=O)n2)c(-c2ccn(C)n2)cn1. The highest BCUT2D eigenvalue weighted by atomic mass is 32.2. The van der Waals surface area contributed by atoms with Crippen molar-refractivity contribution < 1.29 is 13.2 Å². The molecule has 0 aromatic carbocycles. The molecule has 3 rings (SSSR count). The summed E-state index contributed by atoms with van der Waals surface area (Å²) >= 11 is 0. The maximum absolute atomic E-state index is 12.0. The highest BCUT2D eigenvalue weighted by Gasteiger charge is 2.16. The van der Waals surface area contributed by atoms with Crippen molar-refractivity contribution in [3.63, 3.8) is 0 Å². The predicted molar refractivity (Wildman–Crippen MR) is 106 cm³/mol. The van der Waals surface area contributed by atoms with Crippen LogP contribution in [0.25, 0.3) is 11.3 Å². The van der Waals surface area contributed by atoms with Gasteiger partial charge in [0.05, 0.1) is 11.4 Å². The van der Waals surface area contributed by atoms with E-state index in [1.807, 2.05) is 6.07 Å². The molecule has 0 saturated heterocycles. The number of nitrogens with one attached hydrogen (secondary N) is 2. The zero-order valence-corrected chi connectivity index (χ0v) is 16.7. The normalized spacial score (nSPS) is 11.3. The van der Waals surface area contributed by atoms with Gasteiger partial charge in [0.2, 0.25) is 5.91 Å². The van der Waals surface area contributed by atoms with E-state index in [0.717, 1.165) is 6.26 Å². The summed E-state index contributed by atoms with van der Waals surface area (Å²) in [6.45, 7) is 3.08. The number of sulfone groups is 1. The lowest BCUT2D eigenvalue weighted by Gasteiger charge is -2.13. The van der Waals surface area contributed by atoms with Crippen LogP contribution in [0.15, 0.2) is 41.7 Å². The molecular weight excluding hydrogens is 380 g/mol. The maximum Gasteiger partial charge on any atom is 0.222 e. The molecule has 0 fully saturated rings. The number of amides is 1. The molecule has 2 N–H and O–H groups in total. The molecule has 0 bridgehead atoms. The summed E-state index contributed by atoms with van der Waals surface area (Å²) in [5.74, 6) is 0.449. The second kappa shape index (κ2) is 7.39. The molecule has 0 unspecified atom stereocenters. The van der Waals surface area contributed by atoms with Gasteiger partial charge in [-0.05, 0) is 24.6 Å². The van der Waals surface area contributed by atoms with Crippen LogP contribution in [-0.2, 0) is 21.7 Å². The minimum atomic E-state index is -3.47. The van der Waals surface area contributed by atoms with Crippen molar-refractivity contribution in [3.05, 3.63) is 42.2 Å². The molecule has 0 aliphatic carbocycles. The van der Waals surface area contributed by atoms with Gasteiger partial charge >= 0.3 is 0 Å². The van der Waals surface area contributed by atoms with E-state index in [0.29, 0.717) is 34.1 Å². The monoisotopic (exact) mass is 400 g/mol. The first-order valence-corrected chi connectivity index (χ1v) is 10.2. The van der Waals surface area contributed by atoms with Crippen LogP contribution in [0.1, 0.15) is 12.5 Å². The van der Waals surface area contributed by atoms with E-state index in [2.05, 4.69) is 25.7 Å². The first-order valence-electron chi connectivity index (χ1n) is 8.36. The molecule has 0 spiro atoms. The Labute approximate surface area is 162 Å². The molecule has 0 atom stereocenters. The number of pyridine rings is 2. The predicted octanol–water partition coefficient (Wildman–Crippen LogP) is 2.29. The first-order chi connectivity index (χ1) is 13.1. The van der Waals surface area contributed by atoms with Crippen LogP contribution in [-0.4, -0.2) is 40.3 Å². The van der Waals surface area contributed by atoms with E-state index in [1.165, 1.54) is 6.92 Å². The quantitative estimate of drug-likeness (QED) is 0.674. The third-order valence-electron chi connectivity index (χ3n) is 3.86. The number of hydrogen-bond donors (Lipinski definition) is 2. The van der Waals surface area contributed by atoms with Crippen molar-refractivity contribution in [2.45, 2.75) is 18.9 Å². The van der Waals surface area contributed by atoms with Crippen molar-refractivity contribution in [2.75, 3.05) is 16.9 Å². The number of nitrogens with zero attached hydrogens (tertiary/aromatic N) is 4. The molecule has 3 aromatic rings. The van der Waals surface area contributed by atoms with Crippen molar-refractivity contribution in [1.29, 1.82) is 0 Å². The highest BCUT2D eigenvalue weighted by Crippen LogP contribution is 2.30. The molecule has 1 amide bonds. The Morgan fingerprint density at radius 3 is 2.54 bits per heavy atom. The van der Waals surface area contributed by atoms with Crippen LogP contribution in [0.5, 0.6) is 0 Å². The number of hydrogen-bond acceptors (Lipinski definition) is 7. The van der Waals surface area contributed by atoms with E-state index in [4.69, 9.17) is 0 Å². The van der Waals surface area contributed by atoms with Crippen molar-refractivity contribution in [2.24, 2.45) is 7.05 Å². The molecule has 0 saturated carbocycles. The number of aryl methyl sites for hydroxylation is 2. The molecule has 0 aliphatic rings. The van der Waals surface area contributed by atoms with Crippen LogP contribution >= 0.6 is 0 Å². The number of carbonyl (C=O) groups excluding carboxylic acids is 1. The Morgan fingerprint density at radius 2 is 1.93 bits per heavy atom. The summed E-state index contributed by atoms with van der Waals surface area (Å²) in [7, 11) is -1.67. The Balaban J connectivity index is 2.07. The Bertz CT molecular complexity index is 1150. The fourth-order valence-corrected chi connectivity index (χ4v) is 3.58. The fourth-order valence-electron chi connectivity index (χ4n) is 2.66. The summed E-state index contributed by atoms with van der Waals surface area (Å²) in [6.07, 6.45) is 4.50. The zero-order valence-electron chi connectivity index (χ0n) is 15.9. The largest absolute Gasteiger partial charge is 0.339 e. The summed E-state index contributed by atoms with van der Waals surface area (Å²) in [6, 6.07) is 6.84. The van der Waals surface area contributed by atoms with Gasteiger partial charge in [0.1, 0.15) is 11.6 Å². The molecule has 10 heteroatoms. The van der Waals surface area contributed by atoms with Crippen molar-refractivity contribution >= 4 is 33.1 Å². The molecule has 0 radical (unpaired) electrons. The third-order valence-corrected chi connectivity index (χ3v) is 4.98. The molecule has 0 aliphatic heterocycles. The smallest absolute Gasteiger partial charge is 0.222 e.